The van der Waals surface area contributed by atoms with E-state index in [0.717, 1.165) is 43.2 Å². The number of rotatable bonds is 8. The quantitative estimate of drug-likeness (QED) is 0.366. The summed E-state index contributed by atoms with van der Waals surface area (Å²) in [5, 5.41) is 15.8. The Labute approximate surface area is 268 Å². The number of hydrogen-bond donors (Lipinski definition) is 2. The number of amides is 3. The molecule has 2 aliphatic carbocycles. The number of likely N-dealkylation sites (tertiary alicyclic amines) is 1. The van der Waals surface area contributed by atoms with Gasteiger partial charge in [-0.3, -0.25) is 4.79 Å². The molecule has 0 aromatic heterocycles. The van der Waals surface area contributed by atoms with Crippen LogP contribution in [0.5, 0.6) is 0 Å². The van der Waals surface area contributed by atoms with E-state index in [1.54, 1.807) is 4.90 Å². The Morgan fingerprint density at radius 1 is 0.977 bits per heavy atom. The lowest BCUT2D eigenvalue weighted by atomic mass is 9.77. The largest absolute Gasteiger partial charge is 0.385 e. The van der Waals surface area contributed by atoms with E-state index in [-0.39, 0.29) is 42.0 Å². The van der Waals surface area contributed by atoms with Crippen molar-refractivity contribution in [1.29, 1.82) is 0 Å². The zero-order chi connectivity index (χ0) is 31.3. The van der Waals surface area contributed by atoms with Gasteiger partial charge in [0.2, 0.25) is 5.91 Å². The van der Waals surface area contributed by atoms with Crippen LogP contribution in [0.25, 0.3) is 0 Å². The number of hydrogen-bond acceptors (Lipinski definition) is 4. The monoisotopic (exact) mass is 622 g/mol. The second kappa shape index (κ2) is 14.7. The van der Waals surface area contributed by atoms with Gasteiger partial charge in [-0.25, -0.2) is 4.79 Å². The lowest BCUT2D eigenvalue weighted by Gasteiger charge is -2.48. The Morgan fingerprint density at radius 3 is 2.25 bits per heavy atom. The molecular formula is C36H51ClN4O3. The molecule has 1 aliphatic heterocycles. The van der Waals surface area contributed by atoms with E-state index in [1.165, 1.54) is 19.3 Å². The summed E-state index contributed by atoms with van der Waals surface area (Å²) in [6.07, 6.45) is 10.0. The summed E-state index contributed by atoms with van der Waals surface area (Å²) in [5.41, 5.74) is 1.22. The SMILES string of the molecule is C[C@H]1CN(C(=O)[C@@H](Cc2ccc(Cl)cc2)NC2CCC(O)(c3ccccc3)CC2)CC[C@@H]1N(C(=O)N(C)C)C1CCCCC1. The van der Waals surface area contributed by atoms with Crippen LogP contribution in [-0.2, 0) is 16.8 Å². The second-order valence-corrected chi connectivity index (χ2v) is 14.2. The molecule has 3 atom stereocenters. The topological polar surface area (TPSA) is 76.1 Å². The van der Waals surface area contributed by atoms with Gasteiger partial charge >= 0.3 is 6.03 Å². The highest BCUT2D eigenvalue weighted by Crippen LogP contribution is 2.37. The van der Waals surface area contributed by atoms with Crippen molar-refractivity contribution in [2.75, 3.05) is 27.2 Å². The van der Waals surface area contributed by atoms with Crippen molar-refractivity contribution < 1.29 is 14.7 Å². The van der Waals surface area contributed by atoms with Gasteiger partial charge in [0.25, 0.3) is 0 Å². The number of piperidine rings is 1. The minimum atomic E-state index is -0.819. The summed E-state index contributed by atoms with van der Waals surface area (Å²) in [4.78, 5) is 33.6. The molecule has 3 aliphatic rings. The first-order chi connectivity index (χ1) is 21.1. The molecule has 0 spiro atoms. The number of carbonyl (C=O) groups excluding carboxylic acids is 2. The lowest BCUT2D eigenvalue weighted by molar-refractivity contribution is -0.136. The molecular weight excluding hydrogens is 572 g/mol. The zero-order valence-electron chi connectivity index (χ0n) is 26.8. The van der Waals surface area contributed by atoms with Crippen LogP contribution < -0.4 is 5.32 Å². The van der Waals surface area contributed by atoms with Crippen LogP contribution in [-0.4, -0.2) is 83.1 Å². The predicted octanol–water partition coefficient (Wildman–Crippen LogP) is 6.22. The molecule has 2 N–H and O–H groups in total. The molecule has 0 bridgehead atoms. The Bertz CT molecular complexity index is 1230. The molecule has 3 amide bonds. The van der Waals surface area contributed by atoms with Crippen molar-refractivity contribution in [3.63, 3.8) is 0 Å². The van der Waals surface area contributed by atoms with E-state index < -0.39 is 5.60 Å². The van der Waals surface area contributed by atoms with Gasteiger partial charge in [0.15, 0.2) is 0 Å². The fraction of sp³-hybridized carbons (Fsp3) is 0.611. The molecule has 7 nitrogen and oxygen atoms in total. The van der Waals surface area contributed by atoms with E-state index in [1.807, 2.05) is 73.6 Å². The van der Waals surface area contributed by atoms with Crippen LogP contribution in [0.2, 0.25) is 5.02 Å². The molecule has 240 valence electrons. The van der Waals surface area contributed by atoms with Crippen molar-refractivity contribution in [3.8, 4) is 0 Å². The Balaban J connectivity index is 1.27. The highest BCUT2D eigenvalue weighted by atomic mass is 35.5. The minimum Gasteiger partial charge on any atom is -0.385 e. The van der Waals surface area contributed by atoms with Gasteiger partial charge in [0.05, 0.1) is 11.6 Å². The molecule has 1 heterocycles. The number of urea groups is 1. The van der Waals surface area contributed by atoms with Crippen LogP contribution >= 0.6 is 11.6 Å². The third-order valence-corrected chi connectivity index (χ3v) is 10.6. The first kappa shape index (κ1) is 32.8. The molecule has 5 rings (SSSR count). The van der Waals surface area contributed by atoms with E-state index in [2.05, 4.69) is 17.1 Å². The third kappa shape index (κ3) is 7.78. The summed E-state index contributed by atoms with van der Waals surface area (Å²) in [7, 11) is 3.70. The number of aliphatic hydroxyl groups is 1. The molecule has 2 aromatic rings. The number of halogens is 1. The standard InChI is InChI=1S/C36H51ClN4O3/c1-26-25-40(23-20-33(26)41(35(43)39(2)3)31-12-8-5-9-13-31)34(42)32(24-27-14-16-29(37)17-15-27)38-30-18-21-36(44,22-19-30)28-10-6-4-7-11-28/h4,6-7,10-11,14-17,26,30-33,38,44H,5,8-9,12-13,18-25H2,1-3H3/t26-,30?,32+,33-,36?/m0/s1. The maximum atomic E-state index is 14.3. The van der Waals surface area contributed by atoms with Crippen LogP contribution in [0.1, 0.15) is 82.3 Å². The molecule has 44 heavy (non-hydrogen) atoms. The van der Waals surface area contributed by atoms with Crippen molar-refractivity contribution >= 4 is 23.5 Å². The minimum absolute atomic E-state index is 0.101. The molecule has 3 fully saturated rings. The van der Waals surface area contributed by atoms with Gasteiger partial charge < -0.3 is 25.1 Å². The van der Waals surface area contributed by atoms with E-state index in [0.29, 0.717) is 37.4 Å². The van der Waals surface area contributed by atoms with Gasteiger partial charge in [-0.1, -0.05) is 80.3 Å². The van der Waals surface area contributed by atoms with Gasteiger partial charge in [-0.05, 0) is 80.5 Å². The maximum absolute atomic E-state index is 14.3. The van der Waals surface area contributed by atoms with Gasteiger partial charge in [-0.15, -0.1) is 0 Å². The molecule has 0 radical (unpaired) electrons. The smallest absolute Gasteiger partial charge is 0.319 e. The first-order valence-corrected chi connectivity index (χ1v) is 17.1. The van der Waals surface area contributed by atoms with Crippen LogP contribution in [0.4, 0.5) is 4.79 Å². The van der Waals surface area contributed by atoms with Crippen LogP contribution in [0, 0.1) is 5.92 Å². The average Bonchev–Trinajstić information content (AvgIpc) is 3.04. The van der Waals surface area contributed by atoms with Gasteiger partial charge in [0.1, 0.15) is 0 Å². The number of carbonyl (C=O) groups is 2. The summed E-state index contributed by atoms with van der Waals surface area (Å²) in [6, 6.07) is 18.0. The average molecular weight is 623 g/mol. The Hall–Kier alpha value is -2.61. The van der Waals surface area contributed by atoms with Crippen molar-refractivity contribution in [2.45, 2.75) is 107 Å². The van der Waals surface area contributed by atoms with E-state index >= 15 is 0 Å². The normalized spacial score (nSPS) is 27.0. The van der Waals surface area contributed by atoms with Crippen LogP contribution in [0.3, 0.4) is 0 Å². The highest BCUT2D eigenvalue weighted by molar-refractivity contribution is 6.30. The van der Waals surface area contributed by atoms with Crippen molar-refractivity contribution in [2.24, 2.45) is 5.92 Å². The molecule has 8 heteroatoms. The molecule has 1 saturated heterocycles. The second-order valence-electron chi connectivity index (χ2n) is 13.7. The van der Waals surface area contributed by atoms with E-state index in [9.17, 15) is 14.7 Å². The van der Waals surface area contributed by atoms with Crippen molar-refractivity contribution in [3.05, 3.63) is 70.7 Å². The predicted molar refractivity (Wildman–Crippen MR) is 177 cm³/mol. The lowest BCUT2D eigenvalue weighted by Crippen LogP contribution is -2.60. The van der Waals surface area contributed by atoms with Crippen LogP contribution in [0.15, 0.2) is 54.6 Å². The number of benzene rings is 2. The fourth-order valence-corrected chi connectivity index (χ4v) is 7.91. The first-order valence-electron chi connectivity index (χ1n) is 16.7. The molecule has 2 aromatic carbocycles. The summed E-state index contributed by atoms with van der Waals surface area (Å²) in [5.74, 6) is 0.308. The highest BCUT2D eigenvalue weighted by Gasteiger charge is 2.41. The molecule has 2 saturated carbocycles. The zero-order valence-corrected chi connectivity index (χ0v) is 27.5. The summed E-state index contributed by atoms with van der Waals surface area (Å²) in [6.45, 7) is 3.50. The summed E-state index contributed by atoms with van der Waals surface area (Å²) >= 11 is 6.17. The Morgan fingerprint density at radius 2 is 1.64 bits per heavy atom. The number of nitrogens with one attached hydrogen (secondary N) is 1. The maximum Gasteiger partial charge on any atom is 0.319 e. The van der Waals surface area contributed by atoms with Gasteiger partial charge in [0, 0.05) is 50.3 Å². The fourth-order valence-electron chi connectivity index (χ4n) is 7.78. The van der Waals surface area contributed by atoms with Gasteiger partial charge in [-0.2, -0.15) is 0 Å². The third-order valence-electron chi connectivity index (χ3n) is 10.3. The summed E-state index contributed by atoms with van der Waals surface area (Å²) < 4.78 is 0. The van der Waals surface area contributed by atoms with Crippen molar-refractivity contribution in [1.82, 2.24) is 20.0 Å². The van der Waals surface area contributed by atoms with E-state index in [4.69, 9.17) is 11.6 Å². The molecule has 0 unspecified atom stereocenters. The number of nitrogens with zero attached hydrogens (tertiary/aromatic N) is 3. The Kier molecular flexibility index (Phi) is 10.9.